The van der Waals surface area contributed by atoms with E-state index in [1.54, 1.807) is 0 Å². The van der Waals surface area contributed by atoms with E-state index in [2.05, 4.69) is 33.8 Å². The molecule has 2 fully saturated rings. The van der Waals surface area contributed by atoms with Crippen LogP contribution in [0.15, 0.2) is 11.6 Å². The van der Waals surface area contributed by atoms with E-state index in [0.717, 1.165) is 44.9 Å². The maximum atomic E-state index is 12.6. The Kier molecular flexibility index (Phi) is 4.39. The molecule has 0 bridgehead atoms. The third-order valence-electron chi connectivity index (χ3n) is 7.76. The predicted octanol–water partition coefficient (Wildman–Crippen LogP) is 4.49. The van der Waals surface area contributed by atoms with Gasteiger partial charge in [-0.05, 0) is 68.6 Å². The number of hydrogen-bond acceptors (Lipinski definition) is 3. The van der Waals surface area contributed by atoms with Crippen molar-refractivity contribution in [3.63, 3.8) is 0 Å². The van der Waals surface area contributed by atoms with Gasteiger partial charge in [-0.1, -0.05) is 38.8 Å². The zero-order chi connectivity index (χ0) is 17.8. The molecule has 0 amide bonds. The van der Waals surface area contributed by atoms with E-state index in [1.165, 1.54) is 12.7 Å². The number of methoxy groups -OCH3 is 1. The summed E-state index contributed by atoms with van der Waals surface area (Å²) in [7, 11) is 1.51. The molecule has 5 atom stereocenters. The van der Waals surface area contributed by atoms with Gasteiger partial charge in [0.2, 0.25) is 0 Å². The van der Waals surface area contributed by atoms with Crippen LogP contribution in [0.4, 0.5) is 0 Å². The second kappa shape index (κ2) is 5.86. The first-order valence-electron chi connectivity index (χ1n) is 9.70. The van der Waals surface area contributed by atoms with E-state index in [-0.39, 0.29) is 17.3 Å². The molecule has 0 aromatic heterocycles. The molecule has 0 aromatic carbocycles. The molecule has 0 radical (unpaired) electrons. The maximum Gasteiger partial charge on any atom is 0.311 e. The van der Waals surface area contributed by atoms with Gasteiger partial charge in [-0.15, -0.1) is 0 Å². The Morgan fingerprint density at radius 1 is 1.21 bits per heavy atom. The summed E-state index contributed by atoms with van der Waals surface area (Å²) in [6.45, 7) is 8.88. The van der Waals surface area contributed by atoms with Crippen LogP contribution in [-0.2, 0) is 9.53 Å². The van der Waals surface area contributed by atoms with Crippen molar-refractivity contribution in [2.45, 2.75) is 78.2 Å². The summed E-state index contributed by atoms with van der Waals surface area (Å²) in [5.74, 6) is 1.02. The van der Waals surface area contributed by atoms with E-state index >= 15 is 0 Å². The zero-order valence-corrected chi connectivity index (χ0v) is 16.0. The SMILES string of the molecule is COC(=O)[C@]1(C)CCC[C@]2(C)[C@H]3CCC(C(C)C)=C[C@@]3(O)CC[C@H]21. The third-order valence-corrected chi connectivity index (χ3v) is 7.76. The molecule has 3 aliphatic rings. The minimum Gasteiger partial charge on any atom is -0.469 e. The number of aliphatic hydroxyl groups is 1. The topological polar surface area (TPSA) is 46.5 Å². The Bertz CT molecular complexity index is 551. The Morgan fingerprint density at radius 3 is 2.54 bits per heavy atom. The van der Waals surface area contributed by atoms with Crippen molar-refractivity contribution in [1.82, 2.24) is 0 Å². The number of hydrogen-bond donors (Lipinski definition) is 1. The summed E-state index contributed by atoms with van der Waals surface area (Å²) >= 11 is 0. The number of fused-ring (bicyclic) bond motifs is 3. The number of carbonyl (C=O) groups excluding carboxylic acids is 1. The first-order valence-corrected chi connectivity index (χ1v) is 9.70. The van der Waals surface area contributed by atoms with Crippen molar-refractivity contribution < 1.29 is 14.6 Å². The Labute approximate surface area is 146 Å². The molecule has 0 spiro atoms. The highest BCUT2D eigenvalue weighted by Gasteiger charge is 2.62. The lowest BCUT2D eigenvalue weighted by atomic mass is 9.43. The fraction of sp³-hybridized carbons (Fsp3) is 0.857. The lowest BCUT2D eigenvalue weighted by Gasteiger charge is -2.62. The number of carbonyl (C=O) groups is 1. The molecule has 24 heavy (non-hydrogen) atoms. The number of esters is 1. The summed E-state index contributed by atoms with van der Waals surface area (Å²) in [6.07, 6.45) is 9.09. The van der Waals surface area contributed by atoms with E-state index in [9.17, 15) is 9.90 Å². The molecule has 3 aliphatic carbocycles. The summed E-state index contributed by atoms with van der Waals surface area (Å²) < 4.78 is 5.18. The first-order chi connectivity index (χ1) is 11.2. The Hall–Kier alpha value is -0.830. The van der Waals surface area contributed by atoms with Crippen LogP contribution in [0.2, 0.25) is 0 Å². The van der Waals surface area contributed by atoms with Crippen molar-refractivity contribution in [2.24, 2.45) is 28.6 Å². The molecule has 0 unspecified atom stereocenters. The second-order valence-electron chi connectivity index (χ2n) is 9.32. The molecule has 136 valence electrons. The zero-order valence-electron chi connectivity index (χ0n) is 16.0. The van der Waals surface area contributed by atoms with Gasteiger partial charge in [0.1, 0.15) is 0 Å². The van der Waals surface area contributed by atoms with E-state index in [4.69, 9.17) is 4.74 Å². The highest BCUT2D eigenvalue weighted by atomic mass is 16.5. The van der Waals surface area contributed by atoms with Gasteiger partial charge >= 0.3 is 5.97 Å². The normalized spacial score (nSPS) is 45.2. The molecule has 0 saturated heterocycles. The molecule has 0 heterocycles. The molecule has 0 aliphatic heterocycles. The van der Waals surface area contributed by atoms with Gasteiger partial charge in [0.05, 0.1) is 18.1 Å². The molecule has 2 saturated carbocycles. The average Bonchev–Trinajstić information content (AvgIpc) is 2.52. The molecule has 3 heteroatoms. The van der Waals surface area contributed by atoms with Crippen LogP contribution >= 0.6 is 0 Å². The number of rotatable bonds is 2. The molecule has 3 nitrogen and oxygen atoms in total. The molecule has 3 rings (SSSR count). The first kappa shape index (κ1) is 18.0. The number of ether oxygens (including phenoxy) is 1. The minimum atomic E-state index is -0.683. The van der Waals surface area contributed by atoms with Gasteiger partial charge in [-0.3, -0.25) is 4.79 Å². The standard InChI is InChI=1S/C21H34O3/c1-14(2)15-7-8-17-19(3)10-6-11-20(4,18(22)24-5)16(19)9-12-21(17,23)13-15/h13-14,16-17,23H,6-12H2,1-5H3/t16-,17-,19+,20-,21+/m1/s1. The van der Waals surface area contributed by atoms with Crippen molar-refractivity contribution in [2.75, 3.05) is 7.11 Å². The molecule has 1 N–H and O–H groups in total. The lowest BCUT2D eigenvalue weighted by molar-refractivity contribution is -0.188. The molecular formula is C21H34O3. The van der Waals surface area contributed by atoms with Crippen LogP contribution in [0.1, 0.15) is 72.6 Å². The Morgan fingerprint density at radius 2 is 1.92 bits per heavy atom. The summed E-state index contributed by atoms with van der Waals surface area (Å²) in [4.78, 5) is 12.6. The fourth-order valence-electron chi connectivity index (χ4n) is 6.49. The summed E-state index contributed by atoms with van der Waals surface area (Å²) in [5, 5.41) is 11.5. The largest absolute Gasteiger partial charge is 0.469 e. The average molecular weight is 335 g/mol. The van der Waals surface area contributed by atoms with E-state index in [0.29, 0.717) is 11.8 Å². The third kappa shape index (κ3) is 2.46. The van der Waals surface area contributed by atoms with Crippen LogP contribution in [0.25, 0.3) is 0 Å². The van der Waals surface area contributed by atoms with Gasteiger partial charge in [-0.25, -0.2) is 0 Å². The number of allylic oxidation sites excluding steroid dienone is 1. The smallest absolute Gasteiger partial charge is 0.311 e. The minimum absolute atomic E-state index is 0.0210. The fourth-order valence-corrected chi connectivity index (χ4v) is 6.49. The van der Waals surface area contributed by atoms with Crippen LogP contribution in [0, 0.1) is 28.6 Å². The van der Waals surface area contributed by atoms with Crippen LogP contribution in [-0.4, -0.2) is 23.8 Å². The highest BCUT2D eigenvalue weighted by Crippen LogP contribution is 2.64. The predicted molar refractivity (Wildman–Crippen MR) is 95.4 cm³/mol. The monoisotopic (exact) mass is 334 g/mol. The van der Waals surface area contributed by atoms with Gasteiger partial charge < -0.3 is 9.84 Å². The second-order valence-corrected chi connectivity index (χ2v) is 9.32. The van der Waals surface area contributed by atoms with Gasteiger partial charge in [-0.2, -0.15) is 0 Å². The summed E-state index contributed by atoms with van der Waals surface area (Å²) in [6, 6.07) is 0. The van der Waals surface area contributed by atoms with E-state index in [1.807, 2.05) is 0 Å². The van der Waals surface area contributed by atoms with Crippen molar-refractivity contribution in [3.05, 3.63) is 11.6 Å². The van der Waals surface area contributed by atoms with Crippen molar-refractivity contribution in [1.29, 1.82) is 0 Å². The van der Waals surface area contributed by atoms with Crippen LogP contribution < -0.4 is 0 Å². The lowest BCUT2D eigenvalue weighted by Crippen LogP contribution is -2.60. The van der Waals surface area contributed by atoms with Crippen LogP contribution in [0.3, 0.4) is 0 Å². The summed E-state index contributed by atoms with van der Waals surface area (Å²) in [5.41, 5.74) is 0.345. The molecule has 0 aromatic rings. The van der Waals surface area contributed by atoms with E-state index < -0.39 is 11.0 Å². The highest BCUT2D eigenvalue weighted by molar-refractivity contribution is 5.77. The van der Waals surface area contributed by atoms with Gasteiger partial charge in [0.25, 0.3) is 0 Å². The van der Waals surface area contributed by atoms with Crippen molar-refractivity contribution in [3.8, 4) is 0 Å². The Balaban J connectivity index is 1.98. The quantitative estimate of drug-likeness (QED) is 0.598. The van der Waals surface area contributed by atoms with Crippen LogP contribution in [0.5, 0.6) is 0 Å². The van der Waals surface area contributed by atoms with Gasteiger partial charge in [0.15, 0.2) is 0 Å². The maximum absolute atomic E-state index is 12.6. The van der Waals surface area contributed by atoms with Gasteiger partial charge in [0, 0.05) is 0 Å². The van der Waals surface area contributed by atoms with Crippen molar-refractivity contribution >= 4 is 5.97 Å². The molecular weight excluding hydrogens is 300 g/mol.